The summed E-state index contributed by atoms with van der Waals surface area (Å²) in [5.41, 5.74) is 0. The summed E-state index contributed by atoms with van der Waals surface area (Å²) in [6.07, 6.45) is 3.62. The van der Waals surface area contributed by atoms with Gasteiger partial charge in [-0.1, -0.05) is 48.5 Å². The van der Waals surface area contributed by atoms with E-state index in [9.17, 15) is 0 Å². The third kappa shape index (κ3) is 1.14. The average molecular weight is 218 g/mol. The molecule has 4 rings (SSSR count). The molecule has 0 unspecified atom stereocenters. The van der Waals surface area contributed by atoms with Gasteiger partial charge in [-0.15, -0.1) is 0 Å². The summed E-state index contributed by atoms with van der Waals surface area (Å²) in [5.74, 6) is 0. The molecule has 0 atom stereocenters. The maximum Gasteiger partial charge on any atom is 0.0987 e. The molecule has 1 nitrogen and oxygen atoms in total. The molecule has 80 valence electrons. The third-order valence-corrected chi connectivity index (χ3v) is 3.38. The largest absolute Gasteiger partial charge is 0.471 e. The number of benzene rings is 3. The Morgan fingerprint density at radius 1 is 0.529 bits per heavy atom. The molecule has 0 spiro atoms. The van der Waals surface area contributed by atoms with E-state index in [1.807, 2.05) is 6.26 Å². The molecule has 3 aromatic carbocycles. The Bertz CT molecular complexity index is 840. The smallest absolute Gasteiger partial charge is 0.0987 e. The van der Waals surface area contributed by atoms with Crippen LogP contribution >= 0.6 is 0 Å². The van der Waals surface area contributed by atoms with E-state index < -0.39 is 0 Å². The van der Waals surface area contributed by atoms with Crippen LogP contribution in [0.25, 0.3) is 32.3 Å². The molecule has 0 amide bonds. The normalized spacial score (nSPS) is 11.5. The predicted molar refractivity (Wildman–Crippen MR) is 71.2 cm³/mol. The Hall–Kier alpha value is -2.28. The molecule has 0 radical (unpaired) electrons. The molecule has 1 heterocycles. The van der Waals surface area contributed by atoms with E-state index >= 15 is 0 Å². The van der Waals surface area contributed by atoms with Crippen LogP contribution in [0.3, 0.4) is 0 Å². The monoisotopic (exact) mass is 218 g/mol. The van der Waals surface area contributed by atoms with Gasteiger partial charge in [0.25, 0.3) is 0 Å². The Kier molecular flexibility index (Phi) is 1.61. The van der Waals surface area contributed by atoms with Crippen molar-refractivity contribution < 1.29 is 4.42 Å². The maximum atomic E-state index is 5.29. The number of furan rings is 1. The number of hydrogen-bond donors (Lipinski definition) is 0. The molecule has 4 aromatic rings. The lowest BCUT2D eigenvalue weighted by Crippen LogP contribution is -1.77. The van der Waals surface area contributed by atoms with Crippen molar-refractivity contribution in [2.75, 3.05) is 0 Å². The highest BCUT2D eigenvalue weighted by Gasteiger charge is 2.04. The van der Waals surface area contributed by atoms with Crippen molar-refractivity contribution in [1.29, 1.82) is 0 Å². The van der Waals surface area contributed by atoms with Crippen LogP contribution in [-0.2, 0) is 0 Å². The van der Waals surface area contributed by atoms with Gasteiger partial charge in [0, 0.05) is 10.8 Å². The second-order valence-electron chi connectivity index (χ2n) is 4.32. The molecule has 0 aliphatic heterocycles. The Balaban J connectivity index is 2.34. The van der Waals surface area contributed by atoms with Gasteiger partial charge in [0.05, 0.1) is 12.5 Å². The molecule has 0 bridgehead atoms. The van der Waals surface area contributed by atoms with Gasteiger partial charge in [-0.25, -0.2) is 0 Å². The number of hydrogen-bond acceptors (Lipinski definition) is 1. The molecule has 17 heavy (non-hydrogen) atoms. The fraction of sp³-hybridized carbons (Fsp3) is 0. The lowest BCUT2D eigenvalue weighted by atomic mass is 9.99. The van der Waals surface area contributed by atoms with E-state index in [0.29, 0.717) is 0 Å². The first-order valence-electron chi connectivity index (χ1n) is 5.70. The number of rotatable bonds is 0. The quantitative estimate of drug-likeness (QED) is 0.388. The summed E-state index contributed by atoms with van der Waals surface area (Å²) in [4.78, 5) is 0. The van der Waals surface area contributed by atoms with Gasteiger partial charge in [0.15, 0.2) is 0 Å². The topological polar surface area (TPSA) is 13.1 Å². The van der Waals surface area contributed by atoms with E-state index in [-0.39, 0.29) is 0 Å². The van der Waals surface area contributed by atoms with E-state index in [1.54, 1.807) is 6.26 Å². The van der Waals surface area contributed by atoms with Crippen LogP contribution in [0.5, 0.6) is 0 Å². The van der Waals surface area contributed by atoms with Gasteiger partial charge in [-0.05, 0) is 21.5 Å². The van der Waals surface area contributed by atoms with Crippen molar-refractivity contribution in [2.24, 2.45) is 0 Å². The van der Waals surface area contributed by atoms with Gasteiger partial charge in [-0.2, -0.15) is 0 Å². The molecule has 0 aliphatic rings. The summed E-state index contributed by atoms with van der Waals surface area (Å²) in [6.45, 7) is 0. The van der Waals surface area contributed by atoms with Crippen molar-refractivity contribution in [2.45, 2.75) is 0 Å². The van der Waals surface area contributed by atoms with Crippen LogP contribution in [0.1, 0.15) is 0 Å². The van der Waals surface area contributed by atoms with Crippen LogP contribution in [0.15, 0.2) is 65.5 Å². The molecule has 1 heteroatoms. The minimum Gasteiger partial charge on any atom is -0.471 e. The predicted octanol–water partition coefficient (Wildman–Crippen LogP) is 4.74. The van der Waals surface area contributed by atoms with Crippen molar-refractivity contribution in [3.8, 4) is 0 Å². The zero-order chi connectivity index (χ0) is 11.2. The van der Waals surface area contributed by atoms with Crippen LogP contribution in [0.2, 0.25) is 0 Å². The first kappa shape index (κ1) is 8.82. The maximum absolute atomic E-state index is 5.29. The van der Waals surface area contributed by atoms with Crippen molar-refractivity contribution >= 4 is 32.3 Å². The lowest BCUT2D eigenvalue weighted by Gasteiger charge is -2.04. The average Bonchev–Trinajstić information content (AvgIpc) is 2.86. The fourth-order valence-corrected chi connectivity index (χ4v) is 2.54. The highest BCUT2D eigenvalue weighted by molar-refractivity contribution is 6.16. The SMILES string of the molecule is c1ccc2c(c1)ccc1c3cocc3ccc21. The molecule has 0 saturated heterocycles. The highest BCUT2D eigenvalue weighted by atomic mass is 16.3. The molecule has 0 fully saturated rings. The Labute approximate surface area is 98.3 Å². The van der Waals surface area contributed by atoms with E-state index in [4.69, 9.17) is 4.42 Å². The van der Waals surface area contributed by atoms with Crippen LogP contribution in [0, 0.1) is 0 Å². The van der Waals surface area contributed by atoms with Gasteiger partial charge >= 0.3 is 0 Å². The minimum absolute atomic E-state index is 1.16. The Morgan fingerprint density at radius 3 is 2.24 bits per heavy atom. The fourth-order valence-electron chi connectivity index (χ4n) is 2.54. The standard InChI is InChI=1S/C16H10O/c1-2-4-13-11(3-1)5-7-15-14(13)8-6-12-9-17-10-16(12)15/h1-10H. The van der Waals surface area contributed by atoms with Gasteiger partial charge < -0.3 is 4.42 Å². The third-order valence-electron chi connectivity index (χ3n) is 3.38. The molecular formula is C16H10O. The summed E-state index contributed by atoms with van der Waals surface area (Å²) >= 11 is 0. The molecular weight excluding hydrogens is 208 g/mol. The van der Waals surface area contributed by atoms with Gasteiger partial charge in [-0.3, -0.25) is 0 Å². The first-order chi connectivity index (χ1) is 8.43. The summed E-state index contributed by atoms with van der Waals surface area (Å²) < 4.78 is 5.29. The molecule has 1 aromatic heterocycles. The summed E-state index contributed by atoms with van der Waals surface area (Å²) in [5, 5.41) is 7.48. The zero-order valence-corrected chi connectivity index (χ0v) is 9.18. The van der Waals surface area contributed by atoms with Crippen molar-refractivity contribution in [1.82, 2.24) is 0 Å². The van der Waals surface area contributed by atoms with Crippen LogP contribution < -0.4 is 0 Å². The second-order valence-corrected chi connectivity index (χ2v) is 4.32. The van der Waals surface area contributed by atoms with Crippen LogP contribution in [-0.4, -0.2) is 0 Å². The van der Waals surface area contributed by atoms with Crippen molar-refractivity contribution in [3.63, 3.8) is 0 Å². The van der Waals surface area contributed by atoms with Crippen molar-refractivity contribution in [3.05, 3.63) is 61.1 Å². The van der Waals surface area contributed by atoms with E-state index in [1.165, 1.54) is 26.9 Å². The van der Waals surface area contributed by atoms with Gasteiger partial charge in [0.2, 0.25) is 0 Å². The summed E-state index contributed by atoms with van der Waals surface area (Å²) in [7, 11) is 0. The minimum atomic E-state index is 1.16. The second kappa shape index (κ2) is 3.11. The molecule has 0 saturated carbocycles. The molecule has 0 aliphatic carbocycles. The zero-order valence-electron chi connectivity index (χ0n) is 9.18. The number of fused-ring (bicyclic) bond motifs is 5. The first-order valence-corrected chi connectivity index (χ1v) is 5.70. The van der Waals surface area contributed by atoms with E-state index in [2.05, 4.69) is 48.5 Å². The summed E-state index contributed by atoms with van der Waals surface area (Å²) in [6, 6.07) is 17.1. The Morgan fingerprint density at radius 2 is 1.29 bits per heavy atom. The van der Waals surface area contributed by atoms with E-state index in [0.717, 1.165) is 5.39 Å². The highest BCUT2D eigenvalue weighted by Crippen LogP contribution is 2.31. The molecule has 0 N–H and O–H groups in total. The lowest BCUT2D eigenvalue weighted by molar-refractivity contribution is 0.572. The van der Waals surface area contributed by atoms with Crippen LogP contribution in [0.4, 0.5) is 0 Å². The van der Waals surface area contributed by atoms with Gasteiger partial charge in [0.1, 0.15) is 0 Å².